The first kappa shape index (κ1) is 16.7. The Balaban J connectivity index is 1.41. The molecular formula is C19H18F2N4O. The fourth-order valence-corrected chi connectivity index (χ4v) is 3.25. The van der Waals surface area contributed by atoms with E-state index < -0.39 is 11.6 Å². The lowest BCUT2D eigenvalue weighted by Gasteiger charge is -2.16. The number of nitrogens with zero attached hydrogens (tertiary/aromatic N) is 3. The van der Waals surface area contributed by atoms with E-state index in [0.717, 1.165) is 30.8 Å². The molecule has 1 atom stereocenters. The van der Waals surface area contributed by atoms with Crippen LogP contribution < -0.4 is 4.74 Å². The number of H-pyrrole nitrogens is 1. The maximum atomic E-state index is 14.4. The fourth-order valence-electron chi connectivity index (χ4n) is 3.25. The normalized spacial score (nSPS) is 17.5. The Hall–Kier alpha value is -2.80. The second-order valence-electron chi connectivity index (χ2n) is 6.41. The lowest BCUT2D eigenvalue weighted by molar-refractivity contribution is 0.325. The first-order chi connectivity index (χ1) is 12.7. The second-order valence-corrected chi connectivity index (χ2v) is 6.41. The van der Waals surface area contributed by atoms with Gasteiger partial charge in [0.15, 0.2) is 23.1 Å². The zero-order valence-corrected chi connectivity index (χ0v) is 14.0. The molecule has 2 heterocycles. The summed E-state index contributed by atoms with van der Waals surface area (Å²) >= 11 is 0. The van der Waals surface area contributed by atoms with Crippen molar-refractivity contribution in [3.8, 4) is 11.5 Å². The molecule has 4 rings (SSSR count). The van der Waals surface area contributed by atoms with E-state index in [9.17, 15) is 8.78 Å². The van der Waals surface area contributed by atoms with Crippen LogP contribution in [0, 0.1) is 11.6 Å². The lowest BCUT2D eigenvalue weighted by Crippen LogP contribution is -2.19. The molecule has 1 saturated heterocycles. The number of rotatable bonds is 5. The molecule has 134 valence electrons. The van der Waals surface area contributed by atoms with E-state index in [1.54, 1.807) is 24.4 Å². The summed E-state index contributed by atoms with van der Waals surface area (Å²) in [6, 6.07) is 10.7. The maximum absolute atomic E-state index is 14.4. The first-order valence-electron chi connectivity index (χ1n) is 8.48. The Morgan fingerprint density at radius 1 is 1.12 bits per heavy atom. The lowest BCUT2D eigenvalue weighted by atomic mass is 10.1. The largest absolute Gasteiger partial charge is 0.451 e. The minimum Gasteiger partial charge on any atom is -0.451 e. The van der Waals surface area contributed by atoms with Gasteiger partial charge in [-0.3, -0.25) is 4.90 Å². The highest BCUT2D eigenvalue weighted by Crippen LogP contribution is 2.29. The Morgan fingerprint density at radius 3 is 2.73 bits per heavy atom. The highest BCUT2D eigenvalue weighted by atomic mass is 19.1. The smallest absolute Gasteiger partial charge is 0.166 e. The number of ether oxygens (including phenoxy) is 1. The van der Waals surface area contributed by atoms with E-state index in [0.29, 0.717) is 12.5 Å². The van der Waals surface area contributed by atoms with Gasteiger partial charge in [0.1, 0.15) is 0 Å². The minimum atomic E-state index is -0.521. The maximum Gasteiger partial charge on any atom is 0.166 e. The van der Waals surface area contributed by atoms with Crippen LogP contribution in [0.3, 0.4) is 0 Å². The van der Waals surface area contributed by atoms with E-state index in [1.807, 2.05) is 6.07 Å². The third-order valence-electron chi connectivity index (χ3n) is 4.58. The highest BCUT2D eigenvalue weighted by molar-refractivity contribution is 5.35. The van der Waals surface area contributed by atoms with Crippen LogP contribution in [-0.4, -0.2) is 33.4 Å². The summed E-state index contributed by atoms with van der Waals surface area (Å²) in [5.41, 5.74) is 1.82. The molecule has 1 fully saturated rings. The van der Waals surface area contributed by atoms with Crippen LogP contribution in [-0.2, 0) is 6.54 Å². The second kappa shape index (κ2) is 7.21. The van der Waals surface area contributed by atoms with E-state index in [1.165, 1.54) is 18.2 Å². The van der Waals surface area contributed by atoms with Gasteiger partial charge in [-0.1, -0.05) is 18.2 Å². The topological polar surface area (TPSA) is 54.0 Å². The summed E-state index contributed by atoms with van der Waals surface area (Å²) < 4.78 is 33.3. The molecule has 1 aliphatic rings. The molecule has 1 aromatic heterocycles. The Labute approximate surface area is 149 Å². The monoisotopic (exact) mass is 356 g/mol. The summed E-state index contributed by atoms with van der Waals surface area (Å²) in [7, 11) is 0. The zero-order valence-electron chi connectivity index (χ0n) is 14.0. The number of hydrogen-bond donors (Lipinski definition) is 1. The highest BCUT2D eigenvalue weighted by Gasteiger charge is 2.25. The molecule has 0 spiro atoms. The zero-order chi connectivity index (χ0) is 17.9. The molecule has 1 aliphatic heterocycles. The molecule has 26 heavy (non-hydrogen) atoms. The summed E-state index contributed by atoms with van der Waals surface area (Å²) in [4.78, 5) is 2.26. The Kier molecular flexibility index (Phi) is 4.62. The predicted octanol–water partition coefficient (Wildman–Crippen LogP) is 3.86. The third kappa shape index (κ3) is 3.57. The van der Waals surface area contributed by atoms with Crippen LogP contribution in [0.15, 0.2) is 48.7 Å². The summed E-state index contributed by atoms with van der Waals surface area (Å²) in [5, 5.41) is 10.6. The van der Waals surface area contributed by atoms with Crippen molar-refractivity contribution in [3.63, 3.8) is 0 Å². The molecule has 3 aromatic rings. The molecule has 5 nitrogen and oxygen atoms in total. The van der Waals surface area contributed by atoms with Gasteiger partial charge in [-0.05, 0) is 42.8 Å². The van der Waals surface area contributed by atoms with Crippen molar-refractivity contribution in [1.29, 1.82) is 0 Å². The quantitative estimate of drug-likeness (QED) is 0.754. The van der Waals surface area contributed by atoms with Gasteiger partial charge in [0.25, 0.3) is 0 Å². The van der Waals surface area contributed by atoms with Crippen LogP contribution in [0.25, 0.3) is 0 Å². The molecule has 1 unspecified atom stereocenters. The number of likely N-dealkylation sites (tertiary alicyclic amines) is 1. The van der Waals surface area contributed by atoms with Crippen molar-refractivity contribution in [2.75, 3.05) is 13.1 Å². The molecule has 0 aliphatic carbocycles. The number of benzene rings is 2. The van der Waals surface area contributed by atoms with Gasteiger partial charge in [0.2, 0.25) is 0 Å². The Morgan fingerprint density at radius 2 is 1.96 bits per heavy atom. The van der Waals surface area contributed by atoms with E-state index in [2.05, 4.69) is 20.3 Å². The molecule has 0 saturated carbocycles. The van der Waals surface area contributed by atoms with Crippen molar-refractivity contribution in [3.05, 3.63) is 71.6 Å². The minimum absolute atomic E-state index is 0.00847. The van der Waals surface area contributed by atoms with Crippen molar-refractivity contribution < 1.29 is 13.5 Å². The van der Waals surface area contributed by atoms with E-state index >= 15 is 0 Å². The molecule has 1 N–H and O–H groups in total. The standard InChI is InChI=1S/C19H18F2N4O/c20-15-3-1-2-4-18(15)26-19-6-5-13(9-16(19)21)11-25-8-7-14(12-25)17-10-22-24-23-17/h1-6,9-10,14H,7-8,11-12H2,(H,22,23,24). The average Bonchev–Trinajstić information content (AvgIpc) is 3.30. The van der Waals surface area contributed by atoms with Crippen LogP contribution in [0.1, 0.15) is 23.6 Å². The van der Waals surface area contributed by atoms with Gasteiger partial charge in [-0.15, -0.1) is 0 Å². The van der Waals surface area contributed by atoms with Crippen molar-refractivity contribution >= 4 is 0 Å². The van der Waals surface area contributed by atoms with Crippen LogP contribution in [0.2, 0.25) is 0 Å². The fraction of sp³-hybridized carbons (Fsp3) is 0.263. The third-order valence-corrected chi connectivity index (χ3v) is 4.58. The number of para-hydroxylation sites is 1. The van der Waals surface area contributed by atoms with Gasteiger partial charge in [0, 0.05) is 19.0 Å². The van der Waals surface area contributed by atoms with Crippen LogP contribution in [0.5, 0.6) is 11.5 Å². The predicted molar refractivity (Wildman–Crippen MR) is 91.9 cm³/mol. The Bertz CT molecular complexity index is 885. The molecule has 2 aromatic carbocycles. The average molecular weight is 356 g/mol. The summed E-state index contributed by atoms with van der Waals surface area (Å²) in [6.07, 6.45) is 2.76. The molecule has 0 radical (unpaired) electrons. The van der Waals surface area contributed by atoms with Gasteiger partial charge in [-0.25, -0.2) is 8.78 Å². The van der Waals surface area contributed by atoms with Gasteiger partial charge >= 0.3 is 0 Å². The number of halogens is 2. The van der Waals surface area contributed by atoms with Gasteiger partial charge in [-0.2, -0.15) is 15.4 Å². The number of hydrogen-bond acceptors (Lipinski definition) is 4. The van der Waals surface area contributed by atoms with Crippen LogP contribution in [0.4, 0.5) is 8.78 Å². The molecule has 7 heteroatoms. The first-order valence-corrected chi connectivity index (χ1v) is 8.48. The van der Waals surface area contributed by atoms with Crippen LogP contribution >= 0.6 is 0 Å². The molecular weight excluding hydrogens is 338 g/mol. The van der Waals surface area contributed by atoms with Crippen molar-refractivity contribution in [1.82, 2.24) is 20.3 Å². The summed E-state index contributed by atoms with van der Waals surface area (Å²) in [6.45, 7) is 2.43. The van der Waals surface area contributed by atoms with Gasteiger partial charge < -0.3 is 4.74 Å². The van der Waals surface area contributed by atoms with Gasteiger partial charge in [0.05, 0.1) is 11.9 Å². The SMILES string of the molecule is Fc1ccccc1Oc1ccc(CN2CCC(c3cn[nH]n3)C2)cc1F. The number of aromatic amines is 1. The molecule has 0 bridgehead atoms. The van der Waals surface area contributed by atoms with Crippen molar-refractivity contribution in [2.24, 2.45) is 0 Å². The van der Waals surface area contributed by atoms with Crippen molar-refractivity contribution in [2.45, 2.75) is 18.9 Å². The van der Waals surface area contributed by atoms with E-state index in [-0.39, 0.29) is 11.5 Å². The van der Waals surface area contributed by atoms with E-state index in [4.69, 9.17) is 4.74 Å². The molecule has 0 amide bonds. The summed E-state index contributed by atoms with van der Waals surface area (Å²) in [5.74, 6) is -0.651. The number of aromatic nitrogens is 3. The number of nitrogens with one attached hydrogen (secondary N) is 1.